The number of hydrogen-bond acceptors (Lipinski definition) is 2. The maximum Gasteiger partial charge on any atom is 0.387 e. The van der Waals surface area contributed by atoms with Crippen LogP contribution in [0, 0.1) is 23.7 Å². The molecule has 6 heteroatoms. The van der Waals surface area contributed by atoms with E-state index in [0.717, 1.165) is 58.8 Å². The van der Waals surface area contributed by atoms with Gasteiger partial charge >= 0.3 is 13.2 Å². The average Bonchev–Trinajstić information content (AvgIpc) is 3.35. The van der Waals surface area contributed by atoms with E-state index in [4.69, 9.17) is 0 Å². The molecule has 2 aliphatic rings. The zero-order valence-corrected chi connectivity index (χ0v) is 41.5. The Kier molecular flexibility index (Phi) is 25.9. The van der Waals surface area contributed by atoms with E-state index in [0.29, 0.717) is 0 Å². The second-order valence-electron chi connectivity index (χ2n) is 20.2. The fourth-order valence-corrected chi connectivity index (χ4v) is 10.7. The van der Waals surface area contributed by atoms with Crippen molar-refractivity contribution in [1.82, 2.24) is 0 Å². The number of benzene rings is 4. The summed E-state index contributed by atoms with van der Waals surface area (Å²) in [7, 11) is 0. The molecule has 6 rings (SSSR count). The van der Waals surface area contributed by atoms with Gasteiger partial charge in [0.15, 0.2) is 0 Å². The highest BCUT2D eigenvalue weighted by Crippen LogP contribution is 2.36. The standard InChI is InChI=1S/C31H44F2O.C30H42F2O/c1-2-3-4-5-6-7-8-9-10-25-11-13-26(14-12-25)15-16-27-17-19-28(20-18-27)29-21-23-30(24-22-29)34-31(32)33;1-2-3-4-5-6-7-8-9-24-10-12-25(13-11-24)14-15-26-16-18-27(19-17-26)28-20-22-29(23-21-28)33-30(31)32/h17-26,31H,2-16H2,1H3;16-25,30H,2-15H2,1H3. The topological polar surface area (TPSA) is 18.5 Å². The van der Waals surface area contributed by atoms with Gasteiger partial charge in [0.05, 0.1) is 0 Å². The lowest BCUT2D eigenvalue weighted by atomic mass is 9.77. The average molecular weight is 927 g/mol. The van der Waals surface area contributed by atoms with E-state index in [-0.39, 0.29) is 11.5 Å². The first kappa shape index (κ1) is 54.1. The molecule has 0 bridgehead atoms. The van der Waals surface area contributed by atoms with Crippen LogP contribution in [0.5, 0.6) is 11.5 Å². The van der Waals surface area contributed by atoms with Gasteiger partial charge in [0, 0.05) is 0 Å². The van der Waals surface area contributed by atoms with Gasteiger partial charge in [-0.15, -0.1) is 0 Å². The summed E-state index contributed by atoms with van der Waals surface area (Å²) < 4.78 is 58.1. The van der Waals surface area contributed by atoms with Crippen LogP contribution < -0.4 is 9.47 Å². The Morgan fingerprint density at radius 1 is 0.343 bits per heavy atom. The summed E-state index contributed by atoms with van der Waals surface area (Å²) in [5.74, 6) is 4.13. The van der Waals surface area contributed by atoms with E-state index in [1.807, 2.05) is 24.3 Å². The Balaban J connectivity index is 0.000000251. The molecule has 370 valence electrons. The first-order valence-corrected chi connectivity index (χ1v) is 27.1. The van der Waals surface area contributed by atoms with Gasteiger partial charge in [0.2, 0.25) is 0 Å². The van der Waals surface area contributed by atoms with Crippen LogP contribution >= 0.6 is 0 Å². The maximum absolute atomic E-state index is 12.3. The Hall–Kier alpha value is -3.80. The molecule has 4 aromatic carbocycles. The third kappa shape index (κ3) is 22.0. The number of alkyl halides is 4. The van der Waals surface area contributed by atoms with Crippen LogP contribution in [0.2, 0.25) is 0 Å². The molecule has 0 N–H and O–H groups in total. The van der Waals surface area contributed by atoms with E-state index in [1.54, 1.807) is 24.3 Å². The molecule has 0 heterocycles. The lowest BCUT2D eigenvalue weighted by molar-refractivity contribution is -0.0505. The Morgan fingerprint density at radius 2 is 0.597 bits per heavy atom. The molecule has 0 spiro atoms. The highest BCUT2D eigenvalue weighted by molar-refractivity contribution is 5.65. The molecule has 0 aliphatic heterocycles. The smallest absolute Gasteiger partial charge is 0.387 e. The summed E-state index contributed by atoms with van der Waals surface area (Å²) in [6, 6.07) is 31.1. The van der Waals surface area contributed by atoms with Crippen LogP contribution in [0.4, 0.5) is 17.6 Å². The van der Waals surface area contributed by atoms with E-state index in [1.165, 1.54) is 184 Å². The van der Waals surface area contributed by atoms with E-state index >= 15 is 0 Å². The summed E-state index contributed by atoms with van der Waals surface area (Å²) in [5.41, 5.74) is 7.02. The van der Waals surface area contributed by atoms with Crippen molar-refractivity contribution in [3.63, 3.8) is 0 Å². The highest BCUT2D eigenvalue weighted by Gasteiger charge is 2.22. The van der Waals surface area contributed by atoms with Crippen LogP contribution in [-0.2, 0) is 12.8 Å². The SMILES string of the molecule is CCCCCCCCCC1CCC(CCc2ccc(-c3ccc(OC(F)F)cc3)cc2)CC1.CCCCCCCCCCC1CCC(CCc2ccc(-c3ccc(OC(F)F)cc3)cc2)CC1. The molecule has 0 aromatic heterocycles. The van der Waals surface area contributed by atoms with Crippen molar-refractivity contribution in [2.45, 2.75) is 213 Å². The summed E-state index contributed by atoms with van der Waals surface area (Å²) in [5, 5.41) is 0. The lowest BCUT2D eigenvalue weighted by Crippen LogP contribution is -2.15. The number of halogens is 4. The predicted molar refractivity (Wildman–Crippen MR) is 274 cm³/mol. The lowest BCUT2D eigenvalue weighted by Gasteiger charge is -2.28. The number of hydrogen-bond donors (Lipinski definition) is 0. The zero-order valence-electron chi connectivity index (χ0n) is 41.5. The van der Waals surface area contributed by atoms with Gasteiger partial charge in [-0.3, -0.25) is 0 Å². The molecule has 2 fully saturated rings. The second kappa shape index (κ2) is 32.1. The van der Waals surface area contributed by atoms with Gasteiger partial charge in [0.1, 0.15) is 11.5 Å². The molecule has 2 aliphatic carbocycles. The number of ether oxygens (including phenoxy) is 2. The van der Waals surface area contributed by atoms with Gasteiger partial charge in [-0.1, -0.05) is 247 Å². The first-order valence-electron chi connectivity index (χ1n) is 27.1. The van der Waals surface area contributed by atoms with Crippen molar-refractivity contribution < 1.29 is 27.0 Å². The maximum atomic E-state index is 12.3. The summed E-state index contributed by atoms with van der Waals surface area (Å²) >= 11 is 0. The van der Waals surface area contributed by atoms with Crippen molar-refractivity contribution in [3.05, 3.63) is 108 Å². The molecule has 0 radical (unpaired) electrons. The zero-order chi connectivity index (χ0) is 47.3. The van der Waals surface area contributed by atoms with Crippen molar-refractivity contribution in [1.29, 1.82) is 0 Å². The fourth-order valence-electron chi connectivity index (χ4n) is 10.7. The minimum absolute atomic E-state index is 0.197. The van der Waals surface area contributed by atoms with Gasteiger partial charge in [0.25, 0.3) is 0 Å². The Bertz CT molecular complexity index is 1810. The van der Waals surface area contributed by atoms with E-state index in [9.17, 15) is 17.6 Å². The molecule has 4 aromatic rings. The Morgan fingerprint density at radius 3 is 0.881 bits per heavy atom. The first-order chi connectivity index (χ1) is 32.8. The molecule has 0 unspecified atom stereocenters. The molecule has 0 saturated heterocycles. The number of unbranched alkanes of at least 4 members (excludes halogenated alkanes) is 13. The molecular formula is C61H86F4O2. The third-order valence-electron chi connectivity index (χ3n) is 15.0. The fraction of sp³-hybridized carbons (Fsp3) is 0.607. The van der Waals surface area contributed by atoms with Crippen LogP contribution in [0.1, 0.15) is 198 Å². The van der Waals surface area contributed by atoms with Crippen LogP contribution in [-0.4, -0.2) is 13.2 Å². The molecule has 2 nitrogen and oxygen atoms in total. The van der Waals surface area contributed by atoms with Gasteiger partial charge < -0.3 is 9.47 Å². The molecule has 0 atom stereocenters. The van der Waals surface area contributed by atoms with E-state index < -0.39 is 13.2 Å². The van der Waals surface area contributed by atoms with Gasteiger partial charge in [-0.25, -0.2) is 0 Å². The van der Waals surface area contributed by atoms with Crippen molar-refractivity contribution in [2.24, 2.45) is 23.7 Å². The van der Waals surface area contributed by atoms with Gasteiger partial charge in [-0.05, 0) is 107 Å². The van der Waals surface area contributed by atoms with Gasteiger partial charge in [-0.2, -0.15) is 17.6 Å². The quantitative estimate of drug-likeness (QED) is 0.0399. The number of rotatable bonds is 29. The second-order valence-corrected chi connectivity index (χ2v) is 20.2. The molecule has 2 saturated carbocycles. The van der Waals surface area contributed by atoms with Crippen LogP contribution in [0.3, 0.4) is 0 Å². The largest absolute Gasteiger partial charge is 0.435 e. The minimum atomic E-state index is -2.78. The number of aryl methyl sites for hydroxylation is 2. The summed E-state index contributed by atoms with van der Waals surface area (Å²) in [6.07, 6.45) is 40.5. The minimum Gasteiger partial charge on any atom is -0.435 e. The predicted octanol–water partition coefficient (Wildman–Crippen LogP) is 20.1. The summed E-state index contributed by atoms with van der Waals surface area (Å²) in [6.45, 7) is -0.993. The van der Waals surface area contributed by atoms with Crippen molar-refractivity contribution >= 4 is 0 Å². The van der Waals surface area contributed by atoms with Crippen LogP contribution in [0.15, 0.2) is 97.1 Å². The Labute approximate surface area is 404 Å². The van der Waals surface area contributed by atoms with Crippen LogP contribution in [0.25, 0.3) is 22.3 Å². The normalized spacial score (nSPS) is 18.4. The summed E-state index contributed by atoms with van der Waals surface area (Å²) in [4.78, 5) is 0. The van der Waals surface area contributed by atoms with E-state index in [2.05, 4.69) is 71.9 Å². The third-order valence-corrected chi connectivity index (χ3v) is 15.0. The molecular weight excluding hydrogens is 841 g/mol. The van der Waals surface area contributed by atoms with Crippen molar-refractivity contribution in [3.8, 4) is 33.8 Å². The van der Waals surface area contributed by atoms with Crippen molar-refractivity contribution in [2.75, 3.05) is 0 Å². The molecule has 0 amide bonds. The monoisotopic (exact) mass is 927 g/mol. The highest BCUT2D eigenvalue weighted by atomic mass is 19.3. The molecule has 67 heavy (non-hydrogen) atoms.